The number of amides is 1. The van der Waals surface area contributed by atoms with Gasteiger partial charge in [-0.1, -0.05) is 0 Å². The van der Waals surface area contributed by atoms with Gasteiger partial charge in [-0.25, -0.2) is 23.1 Å². The SMILES string of the molecule is CS(=O)(=O)N[C@@H]1CN(C(=O)c2ccncn2)C[C@@H]2CCCO[C@@H]21. The van der Waals surface area contributed by atoms with Crippen molar-refractivity contribution in [1.82, 2.24) is 19.6 Å². The zero-order valence-corrected chi connectivity index (χ0v) is 13.7. The minimum Gasteiger partial charge on any atom is -0.376 e. The highest BCUT2D eigenvalue weighted by Crippen LogP contribution is 2.29. The number of sulfonamides is 1. The topological polar surface area (TPSA) is 101 Å². The van der Waals surface area contributed by atoms with Gasteiger partial charge in [0.15, 0.2) is 0 Å². The Morgan fingerprint density at radius 1 is 1.43 bits per heavy atom. The van der Waals surface area contributed by atoms with Crippen molar-refractivity contribution in [2.75, 3.05) is 26.0 Å². The molecule has 126 valence electrons. The lowest BCUT2D eigenvalue weighted by atomic mass is 9.85. The van der Waals surface area contributed by atoms with Crippen LogP contribution >= 0.6 is 0 Å². The monoisotopic (exact) mass is 340 g/mol. The van der Waals surface area contributed by atoms with Gasteiger partial charge in [-0.3, -0.25) is 4.79 Å². The molecule has 0 aliphatic carbocycles. The Bertz CT molecular complexity index is 667. The van der Waals surface area contributed by atoms with Crippen molar-refractivity contribution in [2.45, 2.75) is 25.0 Å². The molecule has 3 heterocycles. The summed E-state index contributed by atoms with van der Waals surface area (Å²) in [6.07, 6.45) is 5.62. The van der Waals surface area contributed by atoms with Crippen LogP contribution < -0.4 is 4.72 Å². The molecule has 1 aromatic rings. The third kappa shape index (κ3) is 3.85. The summed E-state index contributed by atoms with van der Waals surface area (Å²) in [7, 11) is -3.38. The van der Waals surface area contributed by atoms with E-state index in [4.69, 9.17) is 4.74 Å². The van der Waals surface area contributed by atoms with E-state index >= 15 is 0 Å². The molecule has 9 heteroatoms. The summed E-state index contributed by atoms with van der Waals surface area (Å²) in [5.74, 6) is -0.0840. The molecule has 3 atom stereocenters. The number of likely N-dealkylation sites (tertiary alicyclic amines) is 1. The third-order valence-electron chi connectivity index (χ3n) is 4.22. The lowest BCUT2D eigenvalue weighted by Crippen LogP contribution is -2.61. The average molecular weight is 340 g/mol. The highest BCUT2D eigenvalue weighted by Gasteiger charge is 2.42. The first-order valence-corrected chi connectivity index (χ1v) is 9.47. The number of fused-ring (bicyclic) bond motifs is 1. The van der Waals surface area contributed by atoms with Crippen molar-refractivity contribution >= 4 is 15.9 Å². The number of nitrogens with zero attached hydrogens (tertiary/aromatic N) is 3. The van der Waals surface area contributed by atoms with E-state index in [1.54, 1.807) is 11.0 Å². The van der Waals surface area contributed by atoms with Crippen LogP contribution in [0.5, 0.6) is 0 Å². The normalized spacial score (nSPS) is 28.2. The van der Waals surface area contributed by atoms with E-state index in [0.29, 0.717) is 18.8 Å². The van der Waals surface area contributed by atoms with Gasteiger partial charge in [0.25, 0.3) is 5.91 Å². The van der Waals surface area contributed by atoms with Gasteiger partial charge in [0.1, 0.15) is 12.0 Å². The van der Waals surface area contributed by atoms with E-state index in [0.717, 1.165) is 19.1 Å². The Hall–Kier alpha value is -1.58. The van der Waals surface area contributed by atoms with Crippen LogP contribution in [0.1, 0.15) is 23.3 Å². The van der Waals surface area contributed by atoms with Crippen molar-refractivity contribution in [2.24, 2.45) is 5.92 Å². The highest BCUT2D eigenvalue weighted by atomic mass is 32.2. The molecule has 1 N–H and O–H groups in total. The molecule has 0 unspecified atom stereocenters. The molecule has 0 spiro atoms. The fourth-order valence-electron chi connectivity index (χ4n) is 3.33. The molecule has 23 heavy (non-hydrogen) atoms. The van der Waals surface area contributed by atoms with Gasteiger partial charge >= 0.3 is 0 Å². The minimum atomic E-state index is -3.38. The molecule has 2 aliphatic heterocycles. The average Bonchev–Trinajstić information content (AvgIpc) is 2.53. The van der Waals surface area contributed by atoms with Gasteiger partial charge < -0.3 is 9.64 Å². The number of hydrogen-bond donors (Lipinski definition) is 1. The molecule has 2 aliphatic rings. The van der Waals surface area contributed by atoms with Gasteiger partial charge in [-0.05, 0) is 18.9 Å². The van der Waals surface area contributed by atoms with Crippen molar-refractivity contribution < 1.29 is 17.9 Å². The van der Waals surface area contributed by atoms with Crippen LogP contribution in [0.25, 0.3) is 0 Å². The predicted octanol–water partition coefficient (Wildman–Crippen LogP) is -0.355. The van der Waals surface area contributed by atoms with Gasteiger partial charge in [0.2, 0.25) is 10.0 Å². The largest absolute Gasteiger partial charge is 0.376 e. The minimum absolute atomic E-state index is 0.127. The summed E-state index contributed by atoms with van der Waals surface area (Å²) >= 11 is 0. The van der Waals surface area contributed by atoms with Crippen molar-refractivity contribution in [3.63, 3.8) is 0 Å². The van der Waals surface area contributed by atoms with Gasteiger partial charge in [-0.2, -0.15) is 0 Å². The number of piperidine rings is 1. The number of carbonyl (C=O) groups is 1. The molecule has 1 aromatic heterocycles. The second kappa shape index (κ2) is 6.50. The highest BCUT2D eigenvalue weighted by molar-refractivity contribution is 7.88. The fourth-order valence-corrected chi connectivity index (χ4v) is 4.09. The van der Waals surface area contributed by atoms with Crippen LogP contribution in [0.3, 0.4) is 0 Å². The molecular formula is C14H20N4O4S. The van der Waals surface area contributed by atoms with Crippen LogP contribution in [0, 0.1) is 5.92 Å². The first kappa shape index (κ1) is 16.3. The van der Waals surface area contributed by atoms with E-state index in [-0.39, 0.29) is 24.5 Å². The van der Waals surface area contributed by atoms with E-state index in [9.17, 15) is 13.2 Å². The number of ether oxygens (including phenoxy) is 1. The quantitative estimate of drug-likeness (QED) is 0.807. The van der Waals surface area contributed by atoms with E-state index in [2.05, 4.69) is 14.7 Å². The summed E-state index contributed by atoms with van der Waals surface area (Å²) in [6.45, 7) is 1.45. The van der Waals surface area contributed by atoms with Gasteiger partial charge in [-0.15, -0.1) is 0 Å². The zero-order chi connectivity index (χ0) is 16.4. The molecule has 1 amide bonds. The molecule has 0 bridgehead atoms. The Labute approximate surface area is 135 Å². The summed E-state index contributed by atoms with van der Waals surface area (Å²) in [5, 5.41) is 0. The van der Waals surface area contributed by atoms with E-state index in [1.807, 2.05) is 0 Å². The molecule has 2 fully saturated rings. The Morgan fingerprint density at radius 3 is 2.96 bits per heavy atom. The van der Waals surface area contributed by atoms with Crippen LogP contribution in [-0.4, -0.2) is 67.3 Å². The van der Waals surface area contributed by atoms with Crippen molar-refractivity contribution in [3.8, 4) is 0 Å². The Morgan fingerprint density at radius 2 is 2.26 bits per heavy atom. The summed E-state index contributed by atoms with van der Waals surface area (Å²) in [4.78, 5) is 22.1. The molecule has 0 saturated carbocycles. The van der Waals surface area contributed by atoms with Crippen LogP contribution in [0.2, 0.25) is 0 Å². The van der Waals surface area contributed by atoms with Crippen LogP contribution in [-0.2, 0) is 14.8 Å². The first-order chi connectivity index (χ1) is 10.9. The van der Waals surface area contributed by atoms with Crippen LogP contribution in [0.15, 0.2) is 18.6 Å². The van der Waals surface area contributed by atoms with Crippen molar-refractivity contribution in [1.29, 1.82) is 0 Å². The van der Waals surface area contributed by atoms with Gasteiger partial charge in [0, 0.05) is 31.8 Å². The molecule has 3 rings (SSSR count). The molecule has 2 saturated heterocycles. The number of carbonyl (C=O) groups excluding carboxylic acids is 1. The molecule has 0 aromatic carbocycles. The fraction of sp³-hybridized carbons (Fsp3) is 0.643. The smallest absolute Gasteiger partial charge is 0.272 e. The second-order valence-corrected chi connectivity index (χ2v) is 7.82. The molecule has 8 nitrogen and oxygen atoms in total. The number of rotatable bonds is 3. The number of hydrogen-bond acceptors (Lipinski definition) is 6. The lowest BCUT2D eigenvalue weighted by molar-refractivity contribution is -0.0750. The maximum absolute atomic E-state index is 12.6. The van der Waals surface area contributed by atoms with E-state index in [1.165, 1.54) is 12.5 Å². The Balaban J connectivity index is 1.81. The predicted molar refractivity (Wildman–Crippen MR) is 82.2 cm³/mol. The summed E-state index contributed by atoms with van der Waals surface area (Å²) < 4.78 is 31.7. The first-order valence-electron chi connectivity index (χ1n) is 7.58. The maximum Gasteiger partial charge on any atom is 0.272 e. The number of aromatic nitrogens is 2. The van der Waals surface area contributed by atoms with Gasteiger partial charge in [0.05, 0.1) is 18.4 Å². The maximum atomic E-state index is 12.6. The zero-order valence-electron chi connectivity index (χ0n) is 12.9. The summed E-state index contributed by atoms with van der Waals surface area (Å²) in [6, 6.07) is 1.12. The molecule has 0 radical (unpaired) electrons. The van der Waals surface area contributed by atoms with Crippen molar-refractivity contribution in [3.05, 3.63) is 24.3 Å². The van der Waals surface area contributed by atoms with Crippen LogP contribution in [0.4, 0.5) is 0 Å². The summed E-state index contributed by atoms with van der Waals surface area (Å²) in [5.41, 5.74) is 0.313. The molecular weight excluding hydrogens is 320 g/mol. The lowest BCUT2D eigenvalue weighted by Gasteiger charge is -2.45. The standard InChI is InChI=1S/C14H20N4O4S/c1-23(20,21)17-12-8-18(7-10-3-2-6-22-13(10)12)14(19)11-4-5-15-9-16-11/h4-5,9-10,12-13,17H,2-3,6-8H2,1H3/t10-,12+,13-/m0/s1. The second-order valence-electron chi connectivity index (χ2n) is 6.04. The number of nitrogens with one attached hydrogen (secondary N) is 1. The van der Waals surface area contributed by atoms with E-state index < -0.39 is 16.1 Å². The Kier molecular flexibility index (Phi) is 4.60. The third-order valence-corrected chi connectivity index (χ3v) is 4.95.